The maximum absolute atomic E-state index is 12.6. The van der Waals surface area contributed by atoms with Crippen LogP contribution < -0.4 is 14.8 Å². The van der Waals surface area contributed by atoms with Crippen molar-refractivity contribution < 1.29 is 17.9 Å². The molecule has 1 aliphatic carbocycles. The van der Waals surface area contributed by atoms with Gasteiger partial charge in [0.25, 0.3) is 5.91 Å². The summed E-state index contributed by atoms with van der Waals surface area (Å²) in [4.78, 5) is 12.6. The van der Waals surface area contributed by atoms with Crippen LogP contribution in [0, 0.1) is 6.92 Å². The van der Waals surface area contributed by atoms with Gasteiger partial charge in [0, 0.05) is 11.7 Å². The van der Waals surface area contributed by atoms with Gasteiger partial charge in [0.05, 0.1) is 4.90 Å². The minimum absolute atomic E-state index is 0.00732. The zero-order valence-corrected chi connectivity index (χ0v) is 17.7. The first-order chi connectivity index (χ1) is 13.8. The molecule has 2 aromatic rings. The molecule has 2 aromatic carbocycles. The number of hydrogen-bond donors (Lipinski definition) is 2. The van der Waals surface area contributed by atoms with Gasteiger partial charge in [-0.25, -0.2) is 13.1 Å². The fraction of sp³-hybridized carbons (Fsp3) is 0.409. The number of carbonyl (C=O) groups is 1. The van der Waals surface area contributed by atoms with E-state index in [9.17, 15) is 13.2 Å². The molecule has 0 heterocycles. The van der Waals surface area contributed by atoms with E-state index in [1.165, 1.54) is 18.6 Å². The number of rotatable bonds is 7. The molecule has 7 heteroatoms. The van der Waals surface area contributed by atoms with E-state index in [1.807, 2.05) is 31.2 Å². The number of ether oxygens (including phenoxy) is 1. The van der Waals surface area contributed by atoms with Crippen molar-refractivity contribution in [1.29, 1.82) is 0 Å². The number of hydrogen-bond acceptors (Lipinski definition) is 4. The zero-order chi connectivity index (χ0) is 20.9. The Balaban J connectivity index is 1.57. The van der Waals surface area contributed by atoms with E-state index in [2.05, 4.69) is 10.0 Å². The molecule has 1 atom stereocenters. The van der Waals surface area contributed by atoms with Crippen molar-refractivity contribution in [2.24, 2.45) is 0 Å². The van der Waals surface area contributed by atoms with Gasteiger partial charge in [-0.1, -0.05) is 37.0 Å². The summed E-state index contributed by atoms with van der Waals surface area (Å²) < 4.78 is 33.5. The van der Waals surface area contributed by atoms with E-state index in [0.717, 1.165) is 31.2 Å². The molecule has 3 rings (SSSR count). The lowest BCUT2D eigenvalue weighted by molar-refractivity contribution is -0.122. The molecule has 156 valence electrons. The first-order valence-electron chi connectivity index (χ1n) is 10.00. The van der Waals surface area contributed by atoms with E-state index in [0.29, 0.717) is 11.4 Å². The second-order valence-electron chi connectivity index (χ2n) is 7.54. The van der Waals surface area contributed by atoms with Crippen LogP contribution in [0.5, 0.6) is 5.75 Å². The monoisotopic (exact) mass is 416 g/mol. The lowest BCUT2D eigenvalue weighted by Crippen LogP contribution is -2.36. The summed E-state index contributed by atoms with van der Waals surface area (Å²) in [6.45, 7) is 3.65. The highest BCUT2D eigenvalue weighted by molar-refractivity contribution is 7.89. The van der Waals surface area contributed by atoms with Gasteiger partial charge in [0.15, 0.2) is 6.10 Å². The average molecular weight is 417 g/mol. The molecule has 1 unspecified atom stereocenters. The summed E-state index contributed by atoms with van der Waals surface area (Å²) in [5, 5.41) is 2.75. The molecule has 6 nitrogen and oxygen atoms in total. The third-order valence-corrected chi connectivity index (χ3v) is 6.60. The van der Waals surface area contributed by atoms with Crippen LogP contribution in [0.25, 0.3) is 0 Å². The predicted molar refractivity (Wildman–Crippen MR) is 114 cm³/mol. The Morgan fingerprint density at radius 3 is 2.24 bits per heavy atom. The summed E-state index contributed by atoms with van der Waals surface area (Å²) in [5.74, 6) is 0.315. The quantitative estimate of drug-likeness (QED) is 0.714. The Labute approximate surface area is 172 Å². The normalized spacial score (nSPS) is 16.2. The number of carbonyl (C=O) groups excluding carboxylic acids is 1. The van der Waals surface area contributed by atoms with Gasteiger partial charge in [-0.05, 0) is 63.1 Å². The van der Waals surface area contributed by atoms with E-state index in [1.54, 1.807) is 19.1 Å². The van der Waals surface area contributed by atoms with Crippen LogP contribution in [0.15, 0.2) is 53.4 Å². The lowest BCUT2D eigenvalue weighted by Gasteiger charge is -2.22. The zero-order valence-electron chi connectivity index (χ0n) is 16.9. The molecule has 2 N–H and O–H groups in total. The number of anilines is 1. The van der Waals surface area contributed by atoms with Crippen molar-refractivity contribution in [3.05, 3.63) is 54.1 Å². The minimum Gasteiger partial charge on any atom is -0.481 e. The van der Waals surface area contributed by atoms with Crippen LogP contribution >= 0.6 is 0 Å². The highest BCUT2D eigenvalue weighted by atomic mass is 32.2. The first-order valence-corrected chi connectivity index (χ1v) is 11.5. The molecule has 1 aliphatic rings. The van der Waals surface area contributed by atoms with Crippen molar-refractivity contribution >= 4 is 21.6 Å². The number of sulfonamides is 1. The minimum atomic E-state index is -3.55. The standard InChI is InChI=1S/C22H28N2O4S/c1-16-8-12-20(13-9-16)28-17(2)22(25)23-18-10-14-21(15-11-18)29(26,27)24-19-6-4-3-5-7-19/h8-15,17,19,24H,3-7H2,1-2H3,(H,23,25). The van der Waals surface area contributed by atoms with E-state index >= 15 is 0 Å². The summed E-state index contributed by atoms with van der Waals surface area (Å²) in [7, 11) is -3.55. The summed E-state index contributed by atoms with van der Waals surface area (Å²) >= 11 is 0. The topological polar surface area (TPSA) is 84.5 Å². The van der Waals surface area contributed by atoms with Crippen LogP contribution in [-0.2, 0) is 14.8 Å². The number of amides is 1. The highest BCUT2D eigenvalue weighted by Gasteiger charge is 2.22. The summed E-state index contributed by atoms with van der Waals surface area (Å²) in [5.41, 5.74) is 1.63. The Kier molecular flexibility index (Phi) is 6.92. The molecule has 1 fully saturated rings. The van der Waals surface area contributed by atoms with Crippen LogP contribution in [0.2, 0.25) is 0 Å². The Hall–Kier alpha value is -2.38. The van der Waals surface area contributed by atoms with Gasteiger partial charge in [-0.3, -0.25) is 4.79 Å². The van der Waals surface area contributed by atoms with Gasteiger partial charge in [0.1, 0.15) is 5.75 Å². The van der Waals surface area contributed by atoms with E-state index in [4.69, 9.17) is 4.74 Å². The maximum Gasteiger partial charge on any atom is 0.265 e. The smallest absolute Gasteiger partial charge is 0.265 e. The lowest BCUT2D eigenvalue weighted by atomic mass is 9.96. The highest BCUT2D eigenvalue weighted by Crippen LogP contribution is 2.21. The molecular formula is C22H28N2O4S. The van der Waals surface area contributed by atoms with Gasteiger partial charge in [0.2, 0.25) is 10.0 Å². The van der Waals surface area contributed by atoms with Crippen molar-refractivity contribution in [2.45, 2.75) is 63.0 Å². The van der Waals surface area contributed by atoms with Gasteiger partial charge in [-0.2, -0.15) is 0 Å². The second kappa shape index (κ2) is 9.41. The Morgan fingerprint density at radius 1 is 1.00 bits per heavy atom. The van der Waals surface area contributed by atoms with Gasteiger partial charge < -0.3 is 10.1 Å². The van der Waals surface area contributed by atoms with Crippen LogP contribution in [-0.4, -0.2) is 26.5 Å². The molecular weight excluding hydrogens is 388 g/mol. The molecule has 0 radical (unpaired) electrons. The number of aryl methyl sites for hydroxylation is 1. The van der Waals surface area contributed by atoms with Gasteiger partial charge in [-0.15, -0.1) is 0 Å². The first kappa shape index (κ1) is 21.3. The third kappa shape index (κ3) is 6.05. The Bertz CT molecular complexity index is 918. The molecule has 29 heavy (non-hydrogen) atoms. The van der Waals surface area contributed by atoms with Crippen LogP contribution in [0.3, 0.4) is 0 Å². The summed E-state index contributed by atoms with van der Waals surface area (Å²) in [6.07, 6.45) is 4.35. The van der Waals surface area contributed by atoms with Crippen molar-refractivity contribution in [2.75, 3.05) is 5.32 Å². The van der Waals surface area contributed by atoms with E-state index < -0.39 is 16.1 Å². The average Bonchev–Trinajstić information content (AvgIpc) is 2.70. The van der Waals surface area contributed by atoms with Crippen LogP contribution in [0.1, 0.15) is 44.6 Å². The van der Waals surface area contributed by atoms with Crippen LogP contribution in [0.4, 0.5) is 5.69 Å². The summed E-state index contributed by atoms with van der Waals surface area (Å²) in [6, 6.07) is 13.7. The largest absolute Gasteiger partial charge is 0.481 e. The molecule has 0 aromatic heterocycles. The molecule has 0 spiro atoms. The van der Waals surface area contributed by atoms with Crippen molar-refractivity contribution in [3.8, 4) is 5.75 Å². The fourth-order valence-corrected chi connectivity index (χ4v) is 4.65. The predicted octanol–water partition coefficient (Wildman–Crippen LogP) is 4.01. The van der Waals surface area contributed by atoms with E-state index in [-0.39, 0.29) is 16.8 Å². The van der Waals surface area contributed by atoms with Gasteiger partial charge >= 0.3 is 0 Å². The fourth-order valence-electron chi connectivity index (χ4n) is 3.34. The second-order valence-corrected chi connectivity index (χ2v) is 9.26. The molecule has 0 saturated heterocycles. The molecule has 1 amide bonds. The third-order valence-electron chi connectivity index (χ3n) is 5.06. The SMILES string of the molecule is Cc1ccc(OC(C)C(=O)Nc2ccc(S(=O)(=O)NC3CCCCC3)cc2)cc1. The molecule has 0 bridgehead atoms. The number of nitrogens with one attached hydrogen (secondary N) is 2. The molecule has 0 aliphatic heterocycles. The van der Waals surface area contributed by atoms with Crippen molar-refractivity contribution in [1.82, 2.24) is 4.72 Å². The Morgan fingerprint density at radius 2 is 1.62 bits per heavy atom. The van der Waals surface area contributed by atoms with Crippen molar-refractivity contribution in [3.63, 3.8) is 0 Å². The number of benzene rings is 2. The molecule has 1 saturated carbocycles. The maximum atomic E-state index is 12.6.